The van der Waals surface area contributed by atoms with Crippen LogP contribution in [0.1, 0.15) is 11.3 Å². The number of hydrogen-bond acceptors (Lipinski definition) is 0. The van der Waals surface area contributed by atoms with Crippen LogP contribution in [0.3, 0.4) is 0 Å². The molecule has 0 aliphatic heterocycles. The first-order chi connectivity index (χ1) is 8.10. The van der Waals surface area contributed by atoms with Crippen LogP contribution in [0.2, 0.25) is 0 Å². The molecule has 0 radical (unpaired) electrons. The molecule has 0 bridgehead atoms. The monoisotopic (exact) mass is 229 g/mol. The summed E-state index contributed by atoms with van der Waals surface area (Å²) < 4.78 is 13.0. The van der Waals surface area contributed by atoms with Crippen molar-refractivity contribution in [2.75, 3.05) is 0 Å². The molecule has 1 heterocycles. The van der Waals surface area contributed by atoms with Crippen molar-refractivity contribution in [2.24, 2.45) is 0 Å². The number of allylic oxidation sites excluding steroid dienone is 5. The summed E-state index contributed by atoms with van der Waals surface area (Å²) in [6, 6.07) is 0. The van der Waals surface area contributed by atoms with Gasteiger partial charge < -0.3 is 4.98 Å². The van der Waals surface area contributed by atoms with Crippen LogP contribution in [0.5, 0.6) is 0 Å². The van der Waals surface area contributed by atoms with E-state index in [0.717, 1.165) is 27.9 Å². The summed E-state index contributed by atoms with van der Waals surface area (Å²) in [5, 5.41) is 1.64. The molecule has 2 heteroatoms. The average Bonchev–Trinajstić information content (AvgIpc) is 2.58. The summed E-state index contributed by atoms with van der Waals surface area (Å²) in [7, 11) is 0. The lowest BCUT2D eigenvalue weighted by molar-refractivity contribution is 0.669. The predicted molar refractivity (Wildman–Crippen MR) is 73.4 cm³/mol. The minimum Gasteiger partial charge on any atom is -0.359 e. The van der Waals surface area contributed by atoms with Crippen LogP contribution in [0.15, 0.2) is 43.3 Å². The summed E-state index contributed by atoms with van der Waals surface area (Å²) in [5.41, 5.74) is 1.98. The summed E-state index contributed by atoms with van der Waals surface area (Å²) in [4.78, 5) is 3.12. The van der Waals surface area contributed by atoms with E-state index in [1.54, 1.807) is 12.2 Å². The molecule has 0 fully saturated rings. The lowest BCUT2D eigenvalue weighted by atomic mass is 10.2. The zero-order valence-electron chi connectivity index (χ0n) is 9.96. The van der Waals surface area contributed by atoms with Crippen molar-refractivity contribution < 1.29 is 4.39 Å². The van der Waals surface area contributed by atoms with Gasteiger partial charge in [-0.3, -0.25) is 0 Å². The largest absolute Gasteiger partial charge is 0.359 e. The lowest BCUT2D eigenvalue weighted by Gasteiger charge is -1.89. The van der Waals surface area contributed by atoms with Gasteiger partial charge in [0.2, 0.25) is 0 Å². The quantitative estimate of drug-likeness (QED) is 0.764. The van der Waals surface area contributed by atoms with Gasteiger partial charge in [0.15, 0.2) is 0 Å². The van der Waals surface area contributed by atoms with E-state index in [0.29, 0.717) is 0 Å². The van der Waals surface area contributed by atoms with Crippen LogP contribution >= 0.6 is 0 Å². The second-order valence-corrected chi connectivity index (χ2v) is 3.57. The second kappa shape index (κ2) is 5.85. The summed E-state index contributed by atoms with van der Waals surface area (Å²) in [6.07, 6.45) is 9.66. The molecule has 0 aliphatic rings. The molecule has 0 saturated carbocycles. The molecule has 0 aromatic carbocycles. The van der Waals surface area contributed by atoms with Gasteiger partial charge in [0, 0.05) is 21.8 Å². The van der Waals surface area contributed by atoms with Crippen LogP contribution in [0.4, 0.5) is 4.39 Å². The first kappa shape index (κ1) is 13.0. The Morgan fingerprint density at radius 2 is 2.06 bits per heavy atom. The Bertz CT molecular complexity index is 585. The Kier molecular flexibility index (Phi) is 4.46. The van der Waals surface area contributed by atoms with Crippen molar-refractivity contribution in [1.29, 1.82) is 0 Å². The van der Waals surface area contributed by atoms with E-state index in [-0.39, 0.29) is 5.83 Å². The van der Waals surface area contributed by atoms with Gasteiger partial charge in [0.1, 0.15) is 5.83 Å². The fourth-order valence-electron chi connectivity index (χ4n) is 1.53. The van der Waals surface area contributed by atoms with Gasteiger partial charge in [-0.25, -0.2) is 4.39 Å². The van der Waals surface area contributed by atoms with Gasteiger partial charge in [-0.1, -0.05) is 38.0 Å². The van der Waals surface area contributed by atoms with Gasteiger partial charge in [-0.05, 0) is 25.2 Å². The Balaban J connectivity index is 3.42. The van der Waals surface area contributed by atoms with E-state index in [4.69, 9.17) is 0 Å². The topological polar surface area (TPSA) is 15.8 Å². The summed E-state index contributed by atoms with van der Waals surface area (Å²) >= 11 is 0. The molecule has 17 heavy (non-hydrogen) atoms. The van der Waals surface area contributed by atoms with Gasteiger partial charge in [0.05, 0.1) is 0 Å². The van der Waals surface area contributed by atoms with Crippen molar-refractivity contribution >= 4 is 18.7 Å². The number of rotatable bonds is 4. The number of aromatic nitrogens is 1. The van der Waals surface area contributed by atoms with E-state index in [1.165, 1.54) is 6.08 Å². The molecule has 0 amide bonds. The maximum Gasteiger partial charge on any atom is 0.122 e. The molecule has 0 unspecified atom stereocenters. The Hall–Kier alpha value is -2.09. The molecule has 88 valence electrons. The number of halogens is 1. The Morgan fingerprint density at radius 3 is 2.65 bits per heavy atom. The van der Waals surface area contributed by atoms with E-state index in [2.05, 4.69) is 24.7 Å². The molecule has 1 aromatic rings. The number of H-pyrrole nitrogens is 1. The van der Waals surface area contributed by atoms with Gasteiger partial charge in [-0.15, -0.1) is 0 Å². The van der Waals surface area contributed by atoms with Crippen molar-refractivity contribution in [2.45, 2.75) is 6.92 Å². The van der Waals surface area contributed by atoms with Crippen molar-refractivity contribution in [1.82, 2.24) is 4.98 Å². The smallest absolute Gasteiger partial charge is 0.122 e. The fourth-order valence-corrected chi connectivity index (χ4v) is 1.53. The van der Waals surface area contributed by atoms with E-state index >= 15 is 0 Å². The molecule has 0 spiro atoms. The van der Waals surface area contributed by atoms with Gasteiger partial charge in [-0.2, -0.15) is 0 Å². The van der Waals surface area contributed by atoms with Gasteiger partial charge in [0.25, 0.3) is 0 Å². The molecule has 0 saturated heterocycles. The average molecular weight is 229 g/mol. The highest BCUT2D eigenvalue weighted by atomic mass is 19.1. The molecular formula is C15H16FN. The zero-order valence-corrected chi connectivity index (χ0v) is 9.96. The van der Waals surface area contributed by atoms with Crippen molar-refractivity contribution in [3.05, 3.63) is 65.1 Å². The lowest BCUT2D eigenvalue weighted by Crippen LogP contribution is -2.21. The maximum atomic E-state index is 13.0. The highest BCUT2D eigenvalue weighted by Gasteiger charge is 1.99. The molecular weight excluding hydrogens is 213 g/mol. The standard InChI is InChI=1S/C15H16FN/c1-5-7-8-14-11(3)17-12(4)15(14)10-9-13(16)6-2/h5-10,17H,1-2,4H2,3H3/b8-7-,13-9+,15-10+. The van der Waals surface area contributed by atoms with Crippen molar-refractivity contribution in [3.8, 4) is 0 Å². The zero-order chi connectivity index (χ0) is 12.8. The number of hydrogen-bond donors (Lipinski definition) is 1. The SMILES string of the molecule is C=C/C=C\c1c(C)[nH]c(=C)/c1=C\C=C(\F)C=C. The number of aromatic amines is 1. The third-order valence-corrected chi connectivity index (χ3v) is 2.36. The van der Waals surface area contributed by atoms with E-state index < -0.39 is 0 Å². The third kappa shape index (κ3) is 3.18. The minimum absolute atomic E-state index is 0.373. The van der Waals surface area contributed by atoms with E-state index in [9.17, 15) is 4.39 Å². The second-order valence-electron chi connectivity index (χ2n) is 3.57. The normalized spacial score (nSPS) is 13.3. The Labute approximate surface area is 101 Å². The van der Waals surface area contributed by atoms with Crippen LogP contribution < -0.4 is 10.6 Å². The third-order valence-electron chi connectivity index (χ3n) is 2.36. The first-order valence-electron chi connectivity index (χ1n) is 5.26. The van der Waals surface area contributed by atoms with Crippen LogP contribution in [-0.2, 0) is 0 Å². The number of aryl methyl sites for hydroxylation is 1. The molecule has 1 aromatic heterocycles. The fraction of sp³-hybridized carbons (Fsp3) is 0.0667. The molecule has 1 N–H and O–H groups in total. The highest BCUT2D eigenvalue weighted by molar-refractivity contribution is 5.58. The van der Waals surface area contributed by atoms with Crippen molar-refractivity contribution in [3.63, 3.8) is 0 Å². The van der Waals surface area contributed by atoms with Crippen LogP contribution in [-0.4, -0.2) is 4.98 Å². The summed E-state index contributed by atoms with van der Waals surface area (Å²) in [5.74, 6) is -0.373. The Morgan fingerprint density at radius 1 is 1.35 bits per heavy atom. The number of nitrogens with one attached hydrogen (secondary N) is 1. The highest BCUT2D eigenvalue weighted by Crippen LogP contribution is 2.01. The molecule has 1 rings (SSSR count). The van der Waals surface area contributed by atoms with Gasteiger partial charge >= 0.3 is 0 Å². The first-order valence-corrected chi connectivity index (χ1v) is 5.26. The van der Waals surface area contributed by atoms with Crippen LogP contribution in [0, 0.1) is 6.92 Å². The molecule has 0 atom stereocenters. The molecule has 0 aliphatic carbocycles. The summed E-state index contributed by atoms with van der Waals surface area (Å²) in [6.45, 7) is 12.8. The predicted octanol–water partition coefficient (Wildman–Crippen LogP) is 2.75. The minimum atomic E-state index is -0.373. The van der Waals surface area contributed by atoms with Crippen LogP contribution in [0.25, 0.3) is 18.7 Å². The molecule has 1 nitrogen and oxygen atoms in total. The maximum absolute atomic E-state index is 13.0. The van der Waals surface area contributed by atoms with E-state index in [1.807, 2.05) is 19.1 Å².